The smallest absolute Gasteiger partial charge is 0.298 e. The second kappa shape index (κ2) is 12.5. The average molecular weight is 620 g/mol. The maximum absolute atomic E-state index is 14.1. The molecule has 8 nitrogen and oxygen atoms in total. The second-order valence-corrected chi connectivity index (χ2v) is 12.3. The van der Waals surface area contributed by atoms with Crippen LogP contribution in [0.5, 0.6) is 0 Å². The monoisotopic (exact) mass is 618 g/mol. The van der Waals surface area contributed by atoms with Crippen LogP contribution in [0.2, 0.25) is 0 Å². The fourth-order valence-electron chi connectivity index (χ4n) is 6.49. The maximum atomic E-state index is 14.1. The minimum absolute atomic E-state index is 0.0286. The summed E-state index contributed by atoms with van der Waals surface area (Å²) in [4.78, 5) is 41.1. The number of nitrogens with zero attached hydrogens (tertiary/aromatic N) is 6. The summed E-state index contributed by atoms with van der Waals surface area (Å²) in [5.41, 5.74) is 3.36. The SMILES string of the molecule is Cc1ccc(C(=O)N2CCCC2)cc1-n1cc(Br)nc(N2CCN(CCN3CCCC3)C(c3ccccc3)C2)c1=O. The van der Waals surface area contributed by atoms with Crippen molar-refractivity contribution in [2.24, 2.45) is 0 Å². The van der Waals surface area contributed by atoms with Gasteiger partial charge in [-0.25, -0.2) is 4.98 Å². The number of halogens is 1. The normalized spacial score (nSPS) is 20.2. The molecule has 1 aromatic heterocycles. The highest BCUT2D eigenvalue weighted by Crippen LogP contribution is 2.28. The number of hydrogen-bond donors (Lipinski definition) is 0. The molecule has 3 aromatic rings. The standard InChI is InChI=1S/C32H39BrN6O2/c1-24-11-12-26(31(40)37-15-7-8-16-37)21-27(24)39-23-29(33)34-30(32(39)41)38-20-19-36(18-17-35-13-5-6-14-35)28(22-38)25-9-3-2-4-10-25/h2-4,9-12,21,23,28H,5-8,13-20,22H2,1H3. The first-order valence-electron chi connectivity index (χ1n) is 14.9. The van der Waals surface area contributed by atoms with E-state index in [0.717, 1.165) is 57.7 Å². The number of benzene rings is 2. The molecular weight excluding hydrogens is 580 g/mol. The Balaban J connectivity index is 1.29. The molecule has 3 aliphatic rings. The Morgan fingerprint density at radius 3 is 2.41 bits per heavy atom. The Hall–Kier alpha value is -3.01. The number of rotatable bonds is 7. The van der Waals surface area contributed by atoms with Gasteiger partial charge in [-0.15, -0.1) is 0 Å². The minimum Gasteiger partial charge on any atom is -0.349 e. The maximum Gasteiger partial charge on any atom is 0.298 e. The van der Waals surface area contributed by atoms with Gasteiger partial charge in [-0.1, -0.05) is 36.4 Å². The van der Waals surface area contributed by atoms with Crippen LogP contribution >= 0.6 is 15.9 Å². The van der Waals surface area contributed by atoms with Gasteiger partial charge in [0.15, 0.2) is 5.82 Å². The van der Waals surface area contributed by atoms with Crippen LogP contribution in [0.3, 0.4) is 0 Å². The lowest BCUT2D eigenvalue weighted by molar-refractivity contribution is 0.0793. The fourth-order valence-corrected chi connectivity index (χ4v) is 6.86. The topological polar surface area (TPSA) is 64.9 Å². The molecule has 4 heterocycles. The molecule has 0 bridgehead atoms. The van der Waals surface area contributed by atoms with Crippen molar-refractivity contribution in [2.75, 3.05) is 63.8 Å². The van der Waals surface area contributed by atoms with Crippen LogP contribution in [-0.2, 0) is 0 Å². The minimum atomic E-state index is -0.167. The van der Waals surface area contributed by atoms with Gasteiger partial charge in [-0.05, 0) is 84.9 Å². The molecule has 3 aliphatic heterocycles. The van der Waals surface area contributed by atoms with Gasteiger partial charge in [-0.2, -0.15) is 0 Å². The van der Waals surface area contributed by atoms with Gasteiger partial charge in [-0.3, -0.25) is 19.1 Å². The Bertz CT molecular complexity index is 1430. The molecule has 216 valence electrons. The molecule has 9 heteroatoms. The molecule has 0 radical (unpaired) electrons. The molecular formula is C32H39BrN6O2. The lowest BCUT2D eigenvalue weighted by Crippen LogP contribution is -2.51. The molecule has 6 rings (SSSR count). The number of aryl methyl sites for hydroxylation is 1. The van der Waals surface area contributed by atoms with Crippen molar-refractivity contribution in [3.63, 3.8) is 0 Å². The van der Waals surface area contributed by atoms with Gasteiger partial charge >= 0.3 is 0 Å². The predicted molar refractivity (Wildman–Crippen MR) is 166 cm³/mol. The Morgan fingerprint density at radius 2 is 1.66 bits per heavy atom. The highest BCUT2D eigenvalue weighted by molar-refractivity contribution is 9.10. The number of aromatic nitrogens is 2. The molecule has 0 saturated carbocycles. The first kappa shape index (κ1) is 28.1. The van der Waals surface area contributed by atoms with Gasteiger partial charge in [0.2, 0.25) is 0 Å². The molecule has 41 heavy (non-hydrogen) atoms. The third-order valence-electron chi connectivity index (χ3n) is 8.84. The van der Waals surface area contributed by atoms with Gasteiger partial charge in [0.05, 0.1) is 11.7 Å². The highest BCUT2D eigenvalue weighted by Gasteiger charge is 2.31. The summed E-state index contributed by atoms with van der Waals surface area (Å²) in [5, 5.41) is 0. The summed E-state index contributed by atoms with van der Waals surface area (Å²) >= 11 is 3.58. The number of likely N-dealkylation sites (tertiary alicyclic amines) is 2. The summed E-state index contributed by atoms with van der Waals surface area (Å²) in [7, 11) is 0. The van der Waals surface area contributed by atoms with Crippen molar-refractivity contribution in [1.82, 2.24) is 24.3 Å². The van der Waals surface area contributed by atoms with Crippen LogP contribution in [0.25, 0.3) is 5.69 Å². The molecule has 3 saturated heterocycles. The second-order valence-electron chi connectivity index (χ2n) is 11.5. The van der Waals surface area contributed by atoms with Crippen molar-refractivity contribution in [3.8, 4) is 5.69 Å². The number of anilines is 1. The van der Waals surface area contributed by atoms with Crippen LogP contribution < -0.4 is 10.5 Å². The summed E-state index contributed by atoms with van der Waals surface area (Å²) in [6, 6.07) is 16.5. The predicted octanol–water partition coefficient (Wildman–Crippen LogP) is 4.50. The molecule has 1 amide bonds. The third-order valence-corrected chi connectivity index (χ3v) is 9.23. The molecule has 1 unspecified atom stereocenters. The van der Waals surface area contributed by atoms with Crippen LogP contribution in [0.1, 0.15) is 53.2 Å². The summed E-state index contributed by atoms with van der Waals surface area (Å²) < 4.78 is 2.25. The number of piperazine rings is 1. The van der Waals surface area contributed by atoms with E-state index in [0.29, 0.717) is 28.2 Å². The summed E-state index contributed by atoms with van der Waals surface area (Å²) in [6.07, 6.45) is 6.40. The quantitative estimate of drug-likeness (QED) is 0.389. The van der Waals surface area contributed by atoms with Crippen LogP contribution in [0.4, 0.5) is 5.82 Å². The van der Waals surface area contributed by atoms with E-state index < -0.39 is 0 Å². The highest BCUT2D eigenvalue weighted by atomic mass is 79.9. The first-order chi connectivity index (χ1) is 20.0. The van der Waals surface area contributed by atoms with E-state index in [1.165, 1.54) is 31.5 Å². The van der Waals surface area contributed by atoms with Gasteiger partial charge in [0.25, 0.3) is 11.5 Å². The van der Waals surface area contributed by atoms with Gasteiger partial charge in [0, 0.05) is 57.6 Å². The van der Waals surface area contributed by atoms with Crippen molar-refractivity contribution in [3.05, 3.63) is 86.4 Å². The van der Waals surface area contributed by atoms with E-state index in [4.69, 9.17) is 4.98 Å². The number of hydrogen-bond acceptors (Lipinski definition) is 6. The zero-order valence-corrected chi connectivity index (χ0v) is 25.4. The fraction of sp³-hybridized carbons (Fsp3) is 0.469. The summed E-state index contributed by atoms with van der Waals surface area (Å²) in [5.74, 6) is 0.469. The lowest BCUT2D eigenvalue weighted by Gasteiger charge is -2.42. The van der Waals surface area contributed by atoms with Crippen molar-refractivity contribution < 1.29 is 4.79 Å². The van der Waals surface area contributed by atoms with E-state index in [-0.39, 0.29) is 17.5 Å². The van der Waals surface area contributed by atoms with Gasteiger partial charge < -0.3 is 14.7 Å². The van der Waals surface area contributed by atoms with E-state index >= 15 is 0 Å². The molecule has 3 fully saturated rings. The summed E-state index contributed by atoms with van der Waals surface area (Å²) in [6.45, 7) is 10.3. The zero-order chi connectivity index (χ0) is 28.3. The van der Waals surface area contributed by atoms with E-state index in [1.807, 2.05) is 30.0 Å². The van der Waals surface area contributed by atoms with Crippen molar-refractivity contribution in [1.29, 1.82) is 0 Å². The van der Waals surface area contributed by atoms with Crippen molar-refractivity contribution in [2.45, 2.75) is 38.6 Å². The van der Waals surface area contributed by atoms with Crippen LogP contribution in [0.15, 0.2) is 64.1 Å². The lowest BCUT2D eigenvalue weighted by atomic mass is 10.0. The first-order valence-corrected chi connectivity index (χ1v) is 15.7. The number of carbonyl (C=O) groups is 1. The molecule has 0 spiro atoms. The number of carbonyl (C=O) groups excluding carboxylic acids is 1. The molecule has 0 N–H and O–H groups in total. The largest absolute Gasteiger partial charge is 0.349 e. The van der Waals surface area contributed by atoms with Gasteiger partial charge in [0.1, 0.15) is 4.60 Å². The zero-order valence-electron chi connectivity index (χ0n) is 23.8. The Kier molecular flexibility index (Phi) is 8.55. The van der Waals surface area contributed by atoms with Crippen LogP contribution in [-0.4, -0.2) is 89.1 Å². The van der Waals surface area contributed by atoms with Crippen molar-refractivity contribution >= 4 is 27.7 Å². The average Bonchev–Trinajstić information content (AvgIpc) is 3.73. The van der Waals surface area contributed by atoms with E-state index in [1.54, 1.807) is 10.8 Å². The van der Waals surface area contributed by atoms with E-state index in [9.17, 15) is 9.59 Å². The third kappa shape index (κ3) is 6.12. The Labute approximate surface area is 250 Å². The Morgan fingerprint density at radius 1 is 0.927 bits per heavy atom. The van der Waals surface area contributed by atoms with E-state index in [2.05, 4.69) is 61.0 Å². The molecule has 0 aliphatic carbocycles. The molecule has 1 atom stereocenters. The molecule has 2 aromatic carbocycles. The van der Waals surface area contributed by atoms with Crippen LogP contribution in [0, 0.1) is 6.92 Å². The number of amides is 1.